The highest BCUT2D eigenvalue weighted by atomic mass is 16.5. The summed E-state index contributed by atoms with van der Waals surface area (Å²) in [6, 6.07) is 3.93. The Balaban J connectivity index is 1.87. The molecule has 1 N–H and O–H groups in total. The summed E-state index contributed by atoms with van der Waals surface area (Å²) in [4.78, 5) is 16.9. The summed E-state index contributed by atoms with van der Waals surface area (Å²) in [5.74, 6) is -0.807. The Morgan fingerprint density at radius 3 is 3.24 bits per heavy atom. The van der Waals surface area contributed by atoms with Crippen LogP contribution < -0.4 is 0 Å². The normalized spacial score (nSPS) is 21.3. The number of aliphatic carboxylic acids is 1. The average Bonchev–Trinajstić information content (AvgIpc) is 2.30. The number of hydrogen-bond donors (Lipinski definition) is 1. The fraction of sp³-hybridized carbons (Fsp3) is 0.500. The molecule has 0 aliphatic carbocycles. The van der Waals surface area contributed by atoms with E-state index in [1.165, 1.54) is 0 Å². The van der Waals surface area contributed by atoms with E-state index in [0.717, 1.165) is 18.7 Å². The van der Waals surface area contributed by atoms with Gasteiger partial charge < -0.3 is 9.84 Å². The molecule has 2 heterocycles. The maximum Gasteiger partial charge on any atom is 0.306 e. The Morgan fingerprint density at radius 1 is 1.65 bits per heavy atom. The van der Waals surface area contributed by atoms with Gasteiger partial charge >= 0.3 is 5.97 Å². The summed E-state index contributed by atoms with van der Waals surface area (Å²) < 4.78 is 5.42. The van der Waals surface area contributed by atoms with Crippen molar-refractivity contribution in [1.82, 2.24) is 9.88 Å². The predicted molar refractivity (Wildman–Crippen MR) is 61.5 cm³/mol. The topological polar surface area (TPSA) is 62.7 Å². The predicted octanol–water partition coefficient (Wildman–Crippen LogP) is 0.757. The lowest BCUT2D eigenvalue weighted by molar-refractivity contribution is -0.142. The number of hydrogen-bond acceptors (Lipinski definition) is 4. The largest absolute Gasteiger partial charge is 0.481 e. The Kier molecular flexibility index (Phi) is 4.06. The molecule has 1 fully saturated rings. The van der Waals surface area contributed by atoms with Crippen molar-refractivity contribution in [2.75, 3.05) is 19.7 Å². The second-order valence-electron chi connectivity index (χ2n) is 4.19. The van der Waals surface area contributed by atoms with E-state index in [2.05, 4.69) is 9.88 Å². The number of nitrogens with zero attached hydrogens (tertiary/aromatic N) is 2. The van der Waals surface area contributed by atoms with Crippen molar-refractivity contribution >= 4 is 5.97 Å². The zero-order valence-electron chi connectivity index (χ0n) is 9.58. The highest BCUT2D eigenvalue weighted by Crippen LogP contribution is 2.11. The van der Waals surface area contributed by atoms with Gasteiger partial charge in [0.25, 0.3) is 0 Å². The maximum atomic E-state index is 10.6. The summed E-state index contributed by atoms with van der Waals surface area (Å²) in [6.07, 6.45) is 3.46. The van der Waals surface area contributed by atoms with Crippen molar-refractivity contribution in [3.05, 3.63) is 30.1 Å². The molecule has 92 valence electrons. The smallest absolute Gasteiger partial charge is 0.306 e. The minimum atomic E-state index is -0.807. The molecule has 1 aliphatic heterocycles. The number of rotatable bonds is 4. The fourth-order valence-electron chi connectivity index (χ4n) is 1.99. The van der Waals surface area contributed by atoms with Crippen LogP contribution in [0.5, 0.6) is 0 Å². The van der Waals surface area contributed by atoms with E-state index < -0.39 is 5.97 Å². The zero-order chi connectivity index (χ0) is 12.1. The third-order valence-electron chi connectivity index (χ3n) is 2.75. The maximum absolute atomic E-state index is 10.6. The first-order valence-electron chi connectivity index (χ1n) is 5.68. The van der Waals surface area contributed by atoms with Gasteiger partial charge in [0.15, 0.2) is 0 Å². The number of carbonyl (C=O) groups is 1. The molecule has 0 amide bonds. The Hall–Kier alpha value is -1.46. The molecule has 1 saturated heterocycles. The third kappa shape index (κ3) is 3.80. The number of aromatic nitrogens is 1. The minimum Gasteiger partial charge on any atom is -0.481 e. The van der Waals surface area contributed by atoms with Crippen LogP contribution in [0.2, 0.25) is 0 Å². The molecular formula is C12H16N2O3. The van der Waals surface area contributed by atoms with Gasteiger partial charge in [-0.05, 0) is 11.6 Å². The lowest BCUT2D eigenvalue weighted by atomic mass is 10.2. The van der Waals surface area contributed by atoms with Crippen LogP contribution in [0.15, 0.2) is 24.5 Å². The average molecular weight is 236 g/mol. The molecule has 17 heavy (non-hydrogen) atoms. The second kappa shape index (κ2) is 5.75. The van der Waals surface area contributed by atoms with E-state index in [1.54, 1.807) is 6.20 Å². The molecule has 1 unspecified atom stereocenters. The van der Waals surface area contributed by atoms with Crippen molar-refractivity contribution < 1.29 is 14.6 Å². The van der Waals surface area contributed by atoms with Crippen molar-refractivity contribution in [1.29, 1.82) is 0 Å². The van der Waals surface area contributed by atoms with Crippen molar-refractivity contribution in [3.8, 4) is 0 Å². The number of carboxylic acid groups (broad SMARTS) is 1. The molecule has 2 rings (SSSR count). The second-order valence-corrected chi connectivity index (χ2v) is 4.19. The van der Waals surface area contributed by atoms with Gasteiger partial charge in [0, 0.05) is 32.0 Å². The van der Waals surface area contributed by atoms with Crippen LogP contribution in [0.25, 0.3) is 0 Å². The first-order valence-corrected chi connectivity index (χ1v) is 5.68. The van der Waals surface area contributed by atoms with Gasteiger partial charge in [-0.2, -0.15) is 0 Å². The van der Waals surface area contributed by atoms with Crippen molar-refractivity contribution in [2.45, 2.75) is 19.1 Å². The van der Waals surface area contributed by atoms with Gasteiger partial charge in [-0.3, -0.25) is 14.7 Å². The van der Waals surface area contributed by atoms with E-state index in [0.29, 0.717) is 13.2 Å². The van der Waals surface area contributed by atoms with Gasteiger partial charge in [0.05, 0.1) is 19.1 Å². The quantitative estimate of drug-likeness (QED) is 0.836. The first kappa shape index (κ1) is 12.0. The number of morpholine rings is 1. The lowest BCUT2D eigenvalue weighted by Gasteiger charge is -2.32. The molecule has 1 atom stereocenters. The molecular weight excluding hydrogens is 220 g/mol. The molecule has 5 heteroatoms. The van der Waals surface area contributed by atoms with Crippen molar-refractivity contribution in [3.63, 3.8) is 0 Å². The molecule has 1 aromatic heterocycles. The summed E-state index contributed by atoms with van der Waals surface area (Å²) in [5.41, 5.74) is 1.14. The minimum absolute atomic E-state index is 0.0730. The van der Waals surface area contributed by atoms with E-state index >= 15 is 0 Å². The summed E-state index contributed by atoms with van der Waals surface area (Å²) >= 11 is 0. The molecule has 0 radical (unpaired) electrons. The van der Waals surface area contributed by atoms with Crippen LogP contribution in [0.1, 0.15) is 12.0 Å². The highest BCUT2D eigenvalue weighted by Gasteiger charge is 2.22. The number of ether oxygens (including phenoxy) is 1. The van der Waals surface area contributed by atoms with Gasteiger partial charge in [-0.25, -0.2) is 0 Å². The summed E-state index contributed by atoms with van der Waals surface area (Å²) in [5, 5.41) is 8.73. The summed E-state index contributed by atoms with van der Waals surface area (Å²) in [7, 11) is 0. The van der Waals surface area contributed by atoms with Gasteiger partial charge in [0.1, 0.15) is 0 Å². The SMILES string of the molecule is O=C(O)CC1CN(Cc2cccnc2)CCO1. The number of carboxylic acids is 1. The summed E-state index contributed by atoms with van der Waals surface area (Å²) in [6.45, 7) is 2.90. The Labute approximate surface area is 100 Å². The lowest BCUT2D eigenvalue weighted by Crippen LogP contribution is -2.42. The molecule has 0 bridgehead atoms. The number of pyridine rings is 1. The van der Waals surface area contributed by atoms with Crippen LogP contribution in [-0.2, 0) is 16.1 Å². The molecule has 1 aromatic rings. The van der Waals surface area contributed by atoms with Gasteiger partial charge in [-0.1, -0.05) is 6.07 Å². The molecule has 0 saturated carbocycles. The highest BCUT2D eigenvalue weighted by molar-refractivity contribution is 5.67. The van der Waals surface area contributed by atoms with Crippen LogP contribution in [0, 0.1) is 0 Å². The monoisotopic (exact) mass is 236 g/mol. The van der Waals surface area contributed by atoms with Crippen LogP contribution in [-0.4, -0.2) is 46.8 Å². The Bertz CT molecular complexity index is 369. The van der Waals surface area contributed by atoms with E-state index in [1.807, 2.05) is 18.3 Å². The third-order valence-corrected chi connectivity index (χ3v) is 2.75. The van der Waals surface area contributed by atoms with Crippen LogP contribution >= 0.6 is 0 Å². The Morgan fingerprint density at radius 2 is 2.53 bits per heavy atom. The standard InChI is InChI=1S/C12H16N2O3/c15-12(16)6-11-9-14(4-5-17-11)8-10-2-1-3-13-7-10/h1-3,7,11H,4-6,8-9H2,(H,15,16). The van der Waals surface area contributed by atoms with E-state index in [4.69, 9.17) is 9.84 Å². The van der Waals surface area contributed by atoms with Crippen LogP contribution in [0.3, 0.4) is 0 Å². The molecule has 0 spiro atoms. The molecule has 1 aliphatic rings. The molecule has 5 nitrogen and oxygen atoms in total. The van der Waals surface area contributed by atoms with Gasteiger partial charge in [0.2, 0.25) is 0 Å². The van der Waals surface area contributed by atoms with Gasteiger partial charge in [-0.15, -0.1) is 0 Å². The van der Waals surface area contributed by atoms with Crippen molar-refractivity contribution in [2.24, 2.45) is 0 Å². The molecule has 0 aromatic carbocycles. The fourth-order valence-corrected chi connectivity index (χ4v) is 1.99. The zero-order valence-corrected chi connectivity index (χ0v) is 9.58. The van der Waals surface area contributed by atoms with E-state index in [-0.39, 0.29) is 12.5 Å². The van der Waals surface area contributed by atoms with E-state index in [9.17, 15) is 4.79 Å². The first-order chi connectivity index (χ1) is 8.24. The van der Waals surface area contributed by atoms with Crippen LogP contribution in [0.4, 0.5) is 0 Å².